The van der Waals surface area contributed by atoms with E-state index in [1.165, 1.54) is 11.3 Å². The molecule has 6 heteroatoms. The van der Waals surface area contributed by atoms with Gasteiger partial charge in [-0.15, -0.1) is 0 Å². The first kappa shape index (κ1) is 21.2. The van der Waals surface area contributed by atoms with E-state index in [1.807, 2.05) is 58.1 Å². The minimum Gasteiger partial charge on any atom is -0.322 e. The highest BCUT2D eigenvalue weighted by Gasteiger charge is 2.23. The van der Waals surface area contributed by atoms with Crippen molar-refractivity contribution in [3.05, 3.63) is 89.7 Å². The summed E-state index contributed by atoms with van der Waals surface area (Å²) < 4.78 is 2.03. The fraction of sp³-hybridized carbons (Fsp3) is 0.259. The summed E-state index contributed by atoms with van der Waals surface area (Å²) in [5, 5.41) is 10.1. The first-order valence-electron chi connectivity index (χ1n) is 11.5. The maximum atomic E-state index is 12.9. The van der Waals surface area contributed by atoms with Gasteiger partial charge in [-0.2, -0.15) is 5.10 Å². The van der Waals surface area contributed by atoms with Crippen molar-refractivity contribution in [3.63, 3.8) is 0 Å². The normalized spacial score (nSPS) is 14.5. The Morgan fingerprint density at radius 1 is 0.879 bits per heavy atom. The van der Waals surface area contributed by atoms with E-state index in [0.717, 1.165) is 47.5 Å². The molecule has 0 atom stereocenters. The molecule has 2 heterocycles. The van der Waals surface area contributed by atoms with Crippen LogP contribution in [0.2, 0.25) is 0 Å². The van der Waals surface area contributed by atoms with Gasteiger partial charge in [-0.1, -0.05) is 54.6 Å². The predicted octanol–water partition coefficient (Wildman–Crippen LogP) is 4.99. The Hall–Kier alpha value is -3.64. The van der Waals surface area contributed by atoms with Gasteiger partial charge in [0, 0.05) is 49.4 Å². The average molecular weight is 440 g/mol. The zero-order chi connectivity index (χ0) is 22.8. The number of nitrogens with zero attached hydrogens (tertiary/aromatic N) is 4. The highest BCUT2D eigenvalue weighted by Crippen LogP contribution is 2.24. The Labute approximate surface area is 194 Å². The number of rotatable bonds is 4. The van der Waals surface area contributed by atoms with Crippen molar-refractivity contribution in [1.82, 2.24) is 19.6 Å². The minimum atomic E-state index is -0.0322. The molecule has 0 radical (unpaired) electrons. The van der Waals surface area contributed by atoms with Crippen LogP contribution in [-0.2, 0) is 6.54 Å². The van der Waals surface area contributed by atoms with Crippen molar-refractivity contribution in [3.8, 4) is 5.69 Å². The lowest BCUT2D eigenvalue weighted by Crippen LogP contribution is -2.49. The molecule has 4 aromatic rings. The van der Waals surface area contributed by atoms with E-state index in [9.17, 15) is 4.79 Å². The third-order valence-corrected chi connectivity index (χ3v) is 6.51. The van der Waals surface area contributed by atoms with Crippen LogP contribution in [0.25, 0.3) is 16.5 Å². The van der Waals surface area contributed by atoms with Crippen molar-refractivity contribution >= 4 is 22.5 Å². The zero-order valence-electron chi connectivity index (χ0n) is 19.2. The molecule has 1 aromatic heterocycles. The van der Waals surface area contributed by atoms with E-state index in [2.05, 4.69) is 48.3 Å². The van der Waals surface area contributed by atoms with Crippen LogP contribution in [0.15, 0.2) is 72.8 Å². The molecule has 0 aliphatic carbocycles. The fourth-order valence-electron chi connectivity index (χ4n) is 4.59. The third-order valence-electron chi connectivity index (χ3n) is 6.51. The summed E-state index contributed by atoms with van der Waals surface area (Å²) in [5.74, 6) is 0. The maximum Gasteiger partial charge on any atom is 0.321 e. The number of aromatic nitrogens is 2. The van der Waals surface area contributed by atoms with Gasteiger partial charge in [0.25, 0.3) is 0 Å². The number of para-hydroxylation sites is 1. The van der Waals surface area contributed by atoms with Crippen LogP contribution in [0.5, 0.6) is 0 Å². The van der Waals surface area contributed by atoms with Gasteiger partial charge in [0.15, 0.2) is 0 Å². The fourth-order valence-corrected chi connectivity index (χ4v) is 4.59. The van der Waals surface area contributed by atoms with Gasteiger partial charge in [-0.3, -0.25) is 4.90 Å². The summed E-state index contributed by atoms with van der Waals surface area (Å²) in [6.45, 7) is 8.18. The largest absolute Gasteiger partial charge is 0.322 e. The van der Waals surface area contributed by atoms with Gasteiger partial charge < -0.3 is 10.2 Å². The Morgan fingerprint density at radius 3 is 2.36 bits per heavy atom. The van der Waals surface area contributed by atoms with Crippen molar-refractivity contribution in [2.75, 3.05) is 31.5 Å². The van der Waals surface area contributed by atoms with Crippen LogP contribution in [-0.4, -0.2) is 51.8 Å². The van der Waals surface area contributed by atoms with Gasteiger partial charge in [0.2, 0.25) is 0 Å². The molecule has 0 spiro atoms. The van der Waals surface area contributed by atoms with E-state index in [0.29, 0.717) is 13.1 Å². The summed E-state index contributed by atoms with van der Waals surface area (Å²) >= 11 is 0. The quantitative estimate of drug-likeness (QED) is 0.487. The van der Waals surface area contributed by atoms with Gasteiger partial charge in [0.1, 0.15) is 0 Å². The molecule has 2 amide bonds. The van der Waals surface area contributed by atoms with Crippen LogP contribution in [0.4, 0.5) is 10.5 Å². The molecule has 1 aliphatic heterocycles. The van der Waals surface area contributed by atoms with E-state index < -0.39 is 0 Å². The molecule has 0 saturated carbocycles. The maximum absolute atomic E-state index is 12.9. The molecule has 1 saturated heterocycles. The van der Waals surface area contributed by atoms with Crippen molar-refractivity contribution < 1.29 is 4.79 Å². The Kier molecular flexibility index (Phi) is 5.84. The highest BCUT2D eigenvalue weighted by molar-refractivity contribution is 6.01. The van der Waals surface area contributed by atoms with Gasteiger partial charge in [0.05, 0.1) is 17.1 Å². The number of fused-ring (bicyclic) bond motifs is 1. The van der Waals surface area contributed by atoms with Crippen LogP contribution >= 0.6 is 0 Å². The second-order valence-electron chi connectivity index (χ2n) is 8.62. The number of carbonyl (C=O) groups excluding carboxylic acids is 1. The number of amides is 2. The predicted molar refractivity (Wildman–Crippen MR) is 133 cm³/mol. The zero-order valence-corrected chi connectivity index (χ0v) is 19.2. The minimum absolute atomic E-state index is 0.0322. The number of benzene rings is 3. The lowest BCUT2D eigenvalue weighted by molar-refractivity contribution is 0.142. The number of carbonyl (C=O) groups is 1. The second-order valence-corrected chi connectivity index (χ2v) is 8.62. The van der Waals surface area contributed by atoms with Crippen LogP contribution in [0, 0.1) is 13.8 Å². The molecule has 0 unspecified atom stereocenters. The van der Waals surface area contributed by atoms with Crippen LogP contribution in [0.3, 0.4) is 0 Å². The summed E-state index contributed by atoms with van der Waals surface area (Å²) in [4.78, 5) is 17.2. The molecular weight excluding hydrogens is 410 g/mol. The number of hydrogen-bond acceptors (Lipinski definition) is 3. The Balaban J connectivity index is 1.22. The lowest BCUT2D eigenvalue weighted by atomic mass is 10.1. The molecule has 0 bridgehead atoms. The van der Waals surface area contributed by atoms with Crippen LogP contribution < -0.4 is 5.32 Å². The molecule has 33 heavy (non-hydrogen) atoms. The molecule has 1 fully saturated rings. The van der Waals surface area contributed by atoms with Gasteiger partial charge in [-0.25, -0.2) is 9.48 Å². The molecule has 1 N–H and O–H groups in total. The number of urea groups is 1. The molecule has 1 aliphatic rings. The summed E-state index contributed by atoms with van der Waals surface area (Å²) in [5.41, 5.74) is 5.45. The first-order valence-corrected chi connectivity index (χ1v) is 11.5. The lowest BCUT2D eigenvalue weighted by Gasteiger charge is -2.34. The number of anilines is 1. The van der Waals surface area contributed by atoms with E-state index in [4.69, 9.17) is 5.10 Å². The monoisotopic (exact) mass is 439 g/mol. The third kappa shape index (κ3) is 4.34. The second kappa shape index (κ2) is 9.08. The van der Waals surface area contributed by atoms with Gasteiger partial charge in [-0.05, 0) is 37.4 Å². The molecule has 5 rings (SSSR count). The molecule has 6 nitrogen and oxygen atoms in total. The smallest absolute Gasteiger partial charge is 0.321 e. The van der Waals surface area contributed by atoms with Crippen molar-refractivity contribution in [1.29, 1.82) is 0 Å². The molecule has 3 aromatic carbocycles. The standard InChI is InChI=1S/C27H29N5O/c1-20-25(21(2)32(29-20)23-11-4-3-5-12-23)19-30-15-17-31(18-16-30)27(33)28-26-14-8-10-22-9-6-7-13-24(22)26/h3-14H,15-19H2,1-2H3,(H,28,33). The number of nitrogens with one attached hydrogen (secondary N) is 1. The van der Waals surface area contributed by atoms with Crippen molar-refractivity contribution in [2.45, 2.75) is 20.4 Å². The SMILES string of the molecule is Cc1nn(-c2ccccc2)c(C)c1CN1CCN(C(=O)Nc2cccc3ccccc23)CC1. The Bertz CT molecular complexity index is 1270. The van der Waals surface area contributed by atoms with Crippen molar-refractivity contribution in [2.24, 2.45) is 0 Å². The van der Waals surface area contributed by atoms with E-state index in [1.54, 1.807) is 0 Å². The van der Waals surface area contributed by atoms with E-state index >= 15 is 0 Å². The summed E-state index contributed by atoms with van der Waals surface area (Å²) in [6, 6.07) is 24.4. The number of aryl methyl sites for hydroxylation is 1. The highest BCUT2D eigenvalue weighted by atomic mass is 16.2. The topological polar surface area (TPSA) is 53.4 Å². The average Bonchev–Trinajstić information content (AvgIpc) is 3.13. The summed E-state index contributed by atoms with van der Waals surface area (Å²) in [6.07, 6.45) is 0. The summed E-state index contributed by atoms with van der Waals surface area (Å²) in [7, 11) is 0. The van der Waals surface area contributed by atoms with Gasteiger partial charge >= 0.3 is 6.03 Å². The Morgan fingerprint density at radius 2 is 1.58 bits per heavy atom. The number of hydrogen-bond donors (Lipinski definition) is 1. The molecule has 168 valence electrons. The van der Waals surface area contributed by atoms with E-state index in [-0.39, 0.29) is 6.03 Å². The first-order chi connectivity index (χ1) is 16.1. The molecular formula is C27H29N5O. The number of piperazine rings is 1. The van der Waals surface area contributed by atoms with Crippen LogP contribution in [0.1, 0.15) is 17.0 Å².